The Morgan fingerprint density at radius 3 is 2.63 bits per heavy atom. The summed E-state index contributed by atoms with van der Waals surface area (Å²) in [7, 11) is 0. The van der Waals surface area contributed by atoms with Crippen LogP contribution in [-0.2, 0) is 4.79 Å². The first kappa shape index (κ1) is 21.4. The summed E-state index contributed by atoms with van der Waals surface area (Å²) < 4.78 is 0. The zero-order valence-electron chi connectivity index (χ0n) is 16.6. The van der Waals surface area contributed by atoms with Gasteiger partial charge in [-0.3, -0.25) is 4.79 Å². The Hall–Kier alpha value is -0.330. The molecule has 0 spiro atoms. The Balaban J connectivity index is 0.00000210. The van der Waals surface area contributed by atoms with Crippen LogP contribution in [0.15, 0.2) is 23.7 Å². The van der Waals surface area contributed by atoms with Gasteiger partial charge in [0.2, 0.25) is 0 Å². The molecule has 6 heteroatoms. The van der Waals surface area contributed by atoms with Gasteiger partial charge in [0.05, 0.1) is 18.0 Å². The number of carbonyl (C=O) groups is 1. The molecule has 5 nitrogen and oxygen atoms in total. The topological polar surface area (TPSA) is 101 Å². The number of allylic oxidation sites excluding steroid dienone is 1. The molecule has 27 heavy (non-hydrogen) atoms. The van der Waals surface area contributed by atoms with Crippen molar-refractivity contribution in [3.05, 3.63) is 23.7 Å². The molecule has 144 valence electrons. The van der Waals surface area contributed by atoms with E-state index in [9.17, 15) is 25.2 Å². The summed E-state index contributed by atoms with van der Waals surface area (Å²) >= 11 is 0. The van der Waals surface area contributed by atoms with Crippen LogP contribution in [0.4, 0.5) is 0 Å². The number of hydrogen-bond acceptors (Lipinski definition) is 5. The maximum absolute atomic E-state index is 12.3. The van der Waals surface area contributed by atoms with Gasteiger partial charge in [-0.25, -0.2) is 0 Å². The van der Waals surface area contributed by atoms with Gasteiger partial charge in [-0.1, -0.05) is 25.2 Å². The van der Waals surface area contributed by atoms with Gasteiger partial charge < -0.3 is 20.4 Å². The van der Waals surface area contributed by atoms with Crippen LogP contribution in [0.3, 0.4) is 0 Å². The molecule has 0 aromatic rings. The normalized spacial score (nSPS) is 49.4. The minimum atomic E-state index is -1.60. The molecular weight excluding hydrogens is 355 g/mol. The molecular formula is C21H29NaO5. The Morgan fingerprint density at radius 1 is 1.26 bits per heavy atom. The molecule has 0 unspecified atom stereocenters. The Kier molecular flexibility index (Phi) is 5.44. The molecule has 0 aromatic heterocycles. The smallest absolute Gasteiger partial charge is 0.871 e. The van der Waals surface area contributed by atoms with E-state index in [2.05, 4.69) is 6.92 Å². The SMILES string of the molecule is C[C@]12CCC(=O)C=C1CC[C@@H]1[C@@H]2[C@@H](O)C[C@@]2(C)[C@H]1CC[C@]2(O)/C([O-])=C\O.[Na+]. The third-order valence-electron chi connectivity index (χ3n) is 8.57. The number of hydrogen-bond donors (Lipinski definition) is 3. The molecule has 4 aliphatic rings. The predicted molar refractivity (Wildman–Crippen MR) is 93.8 cm³/mol. The van der Waals surface area contributed by atoms with E-state index in [4.69, 9.17) is 0 Å². The zero-order chi connectivity index (χ0) is 18.9. The molecule has 3 N–H and O–H groups in total. The van der Waals surface area contributed by atoms with Crippen LogP contribution >= 0.6 is 0 Å². The number of ketones is 1. The molecule has 0 bridgehead atoms. The summed E-state index contributed by atoms with van der Waals surface area (Å²) in [5.41, 5.74) is -1.33. The van der Waals surface area contributed by atoms with E-state index in [0.29, 0.717) is 25.5 Å². The van der Waals surface area contributed by atoms with E-state index in [1.165, 1.54) is 5.57 Å². The van der Waals surface area contributed by atoms with Crippen LogP contribution in [0.5, 0.6) is 0 Å². The minimum Gasteiger partial charge on any atom is -0.871 e. The second-order valence-corrected chi connectivity index (χ2v) is 9.47. The van der Waals surface area contributed by atoms with Crippen molar-refractivity contribution in [1.29, 1.82) is 0 Å². The van der Waals surface area contributed by atoms with Gasteiger partial charge in [0.1, 0.15) is 0 Å². The first-order chi connectivity index (χ1) is 12.2. The third kappa shape index (κ3) is 2.72. The van der Waals surface area contributed by atoms with Crippen LogP contribution in [-0.4, -0.2) is 32.8 Å². The summed E-state index contributed by atoms with van der Waals surface area (Å²) in [6.45, 7) is 4.09. The van der Waals surface area contributed by atoms with E-state index >= 15 is 0 Å². The summed E-state index contributed by atoms with van der Waals surface area (Å²) in [6, 6.07) is 0. The standard InChI is InChI=1S/C21H30O5.Na/c1-19-7-5-13(23)9-12(19)3-4-14-15-6-8-21(26,17(25)11-22)20(15,2)10-16(24)18(14)19;/h9,11,14-16,18,22,24-26H,3-8,10H2,1-2H3;/q;+1/p-1/b17-11+;/t14-,15-,16-,18+,19-,20-,21-;/m0./s1. The van der Waals surface area contributed by atoms with Gasteiger partial charge >= 0.3 is 29.6 Å². The summed E-state index contributed by atoms with van der Waals surface area (Å²) in [4.78, 5) is 11.9. The molecule has 3 saturated carbocycles. The maximum atomic E-state index is 12.3. The monoisotopic (exact) mass is 384 g/mol. The average Bonchev–Trinajstić information content (AvgIpc) is 2.86. The van der Waals surface area contributed by atoms with Gasteiger partial charge in [0.15, 0.2) is 5.78 Å². The first-order valence-corrected chi connectivity index (χ1v) is 9.83. The second-order valence-electron chi connectivity index (χ2n) is 9.47. The molecule has 4 aliphatic carbocycles. The molecule has 4 rings (SSSR count). The molecule has 0 aromatic carbocycles. The molecule has 0 aliphatic heterocycles. The Morgan fingerprint density at radius 2 is 1.96 bits per heavy atom. The van der Waals surface area contributed by atoms with Crippen molar-refractivity contribution in [3.8, 4) is 0 Å². The number of aliphatic hydroxyl groups is 3. The average molecular weight is 384 g/mol. The van der Waals surface area contributed by atoms with E-state index in [-0.39, 0.29) is 58.5 Å². The molecule has 0 heterocycles. The summed E-state index contributed by atoms with van der Waals surface area (Å²) in [5, 5.41) is 43.9. The zero-order valence-corrected chi connectivity index (χ0v) is 18.6. The predicted octanol–water partition coefficient (Wildman–Crippen LogP) is -1.02. The van der Waals surface area contributed by atoms with E-state index in [0.717, 1.165) is 25.7 Å². The van der Waals surface area contributed by atoms with Crippen LogP contribution in [0.25, 0.3) is 0 Å². The van der Waals surface area contributed by atoms with Gasteiger partial charge in [-0.2, -0.15) is 0 Å². The van der Waals surface area contributed by atoms with Crippen LogP contribution in [0.1, 0.15) is 58.8 Å². The number of fused-ring (bicyclic) bond motifs is 5. The van der Waals surface area contributed by atoms with Crippen molar-refractivity contribution in [2.45, 2.75) is 70.5 Å². The summed E-state index contributed by atoms with van der Waals surface area (Å²) in [6.07, 6.45) is 6.10. The van der Waals surface area contributed by atoms with Gasteiger partial charge in [0.25, 0.3) is 0 Å². The van der Waals surface area contributed by atoms with Crippen molar-refractivity contribution in [3.63, 3.8) is 0 Å². The van der Waals surface area contributed by atoms with E-state index < -0.39 is 22.9 Å². The fraction of sp³-hybridized carbons (Fsp3) is 0.762. The van der Waals surface area contributed by atoms with E-state index in [1.54, 1.807) is 6.08 Å². The maximum Gasteiger partial charge on any atom is 1.00 e. The van der Waals surface area contributed by atoms with Gasteiger partial charge in [-0.05, 0) is 67.8 Å². The van der Waals surface area contributed by atoms with Crippen LogP contribution < -0.4 is 34.7 Å². The Bertz CT molecular complexity index is 703. The van der Waals surface area contributed by atoms with Crippen molar-refractivity contribution >= 4 is 5.78 Å². The fourth-order valence-corrected chi connectivity index (χ4v) is 7.20. The molecule has 7 atom stereocenters. The molecule has 3 fully saturated rings. The largest absolute Gasteiger partial charge is 1.00 e. The van der Waals surface area contributed by atoms with Crippen LogP contribution in [0.2, 0.25) is 0 Å². The van der Waals surface area contributed by atoms with Crippen molar-refractivity contribution in [2.75, 3.05) is 0 Å². The molecule has 0 amide bonds. The molecule has 0 saturated heterocycles. The van der Waals surface area contributed by atoms with Crippen molar-refractivity contribution in [1.82, 2.24) is 0 Å². The summed E-state index contributed by atoms with van der Waals surface area (Å²) in [5.74, 6) is -0.0333. The molecule has 0 radical (unpaired) electrons. The van der Waals surface area contributed by atoms with E-state index in [1.807, 2.05) is 6.92 Å². The minimum absolute atomic E-state index is 0. The first-order valence-electron chi connectivity index (χ1n) is 9.83. The number of aliphatic hydroxyl groups excluding tert-OH is 2. The quantitative estimate of drug-likeness (QED) is 0.397. The Labute approximate surface area is 182 Å². The second kappa shape index (κ2) is 6.88. The van der Waals surface area contributed by atoms with Crippen molar-refractivity contribution in [2.24, 2.45) is 28.6 Å². The third-order valence-corrected chi connectivity index (χ3v) is 8.57. The van der Waals surface area contributed by atoms with Gasteiger partial charge in [-0.15, -0.1) is 0 Å². The number of rotatable bonds is 1. The van der Waals surface area contributed by atoms with Gasteiger partial charge in [0, 0.05) is 11.8 Å². The van der Waals surface area contributed by atoms with Crippen molar-refractivity contribution < 1.29 is 54.8 Å². The number of carbonyl (C=O) groups excluding carboxylic acids is 1. The van der Waals surface area contributed by atoms with Crippen LogP contribution in [0, 0.1) is 28.6 Å². The fourth-order valence-electron chi connectivity index (χ4n) is 7.20.